The van der Waals surface area contributed by atoms with Crippen LogP contribution in [0.3, 0.4) is 0 Å². The summed E-state index contributed by atoms with van der Waals surface area (Å²) in [5.41, 5.74) is 1.29. The Balaban J connectivity index is 1.55. The van der Waals surface area contributed by atoms with Gasteiger partial charge in [0.05, 0.1) is 12.6 Å². The minimum atomic E-state index is 0.257. The monoisotopic (exact) mass is 359 g/mol. The number of nitrogens with zero attached hydrogens (tertiary/aromatic N) is 1. The summed E-state index contributed by atoms with van der Waals surface area (Å²) in [5, 5.41) is 0. The topological polar surface area (TPSA) is 38.8 Å². The molecule has 0 aliphatic carbocycles. The van der Waals surface area contributed by atoms with Crippen molar-refractivity contribution in [3.63, 3.8) is 0 Å². The van der Waals surface area contributed by atoms with Crippen molar-refractivity contribution in [2.24, 2.45) is 0 Å². The van der Waals surface area contributed by atoms with Gasteiger partial charge in [-0.05, 0) is 50.2 Å². The molecule has 26 heavy (non-hydrogen) atoms. The predicted octanol–water partition coefficient (Wildman–Crippen LogP) is 4.36. The van der Waals surface area contributed by atoms with E-state index in [9.17, 15) is 4.79 Å². The third-order valence-corrected chi connectivity index (χ3v) is 5.52. The molecule has 144 valence electrons. The quantitative estimate of drug-likeness (QED) is 0.805. The van der Waals surface area contributed by atoms with E-state index in [1.165, 1.54) is 31.2 Å². The van der Waals surface area contributed by atoms with Gasteiger partial charge >= 0.3 is 0 Å². The van der Waals surface area contributed by atoms with Crippen LogP contribution in [0.2, 0.25) is 0 Å². The van der Waals surface area contributed by atoms with Crippen molar-refractivity contribution in [1.82, 2.24) is 4.90 Å². The highest BCUT2D eigenvalue weighted by Crippen LogP contribution is 2.22. The summed E-state index contributed by atoms with van der Waals surface area (Å²) in [5.74, 6) is 1.24. The van der Waals surface area contributed by atoms with E-state index in [1.807, 2.05) is 11.0 Å². The number of carbonyl (C=O) groups excluding carboxylic acids is 1. The van der Waals surface area contributed by atoms with Gasteiger partial charge in [-0.1, -0.05) is 37.5 Å². The molecule has 0 bridgehead atoms. The molecular weight excluding hydrogens is 326 g/mol. The number of ether oxygens (including phenoxy) is 2. The molecule has 2 aliphatic rings. The molecule has 0 aromatic heterocycles. The molecule has 1 unspecified atom stereocenters. The summed E-state index contributed by atoms with van der Waals surface area (Å²) in [7, 11) is 0. The lowest BCUT2D eigenvalue weighted by Crippen LogP contribution is -2.35. The highest BCUT2D eigenvalue weighted by Gasteiger charge is 2.19. The number of benzene rings is 1. The summed E-state index contributed by atoms with van der Waals surface area (Å²) in [6.45, 7) is 2.96. The first-order chi connectivity index (χ1) is 12.8. The van der Waals surface area contributed by atoms with E-state index in [-0.39, 0.29) is 12.0 Å². The van der Waals surface area contributed by atoms with Crippen LogP contribution in [0, 0.1) is 0 Å². The molecule has 4 nitrogen and oxygen atoms in total. The van der Waals surface area contributed by atoms with Crippen LogP contribution in [0.1, 0.15) is 63.4 Å². The molecule has 0 N–H and O–H groups in total. The highest BCUT2D eigenvalue weighted by molar-refractivity contribution is 5.76. The Morgan fingerprint density at radius 3 is 2.73 bits per heavy atom. The SMILES string of the molecule is O=C(CCC1CCCO1)N1CCCCCCCc2ccccc2OCC1. The van der Waals surface area contributed by atoms with Gasteiger partial charge in [-0.3, -0.25) is 4.79 Å². The zero-order valence-electron chi connectivity index (χ0n) is 16.0. The first kappa shape index (κ1) is 19.2. The van der Waals surface area contributed by atoms with Crippen molar-refractivity contribution >= 4 is 5.91 Å². The van der Waals surface area contributed by atoms with E-state index >= 15 is 0 Å². The normalized spacial score (nSPS) is 22.5. The highest BCUT2D eigenvalue weighted by atomic mass is 16.5. The molecule has 2 heterocycles. The largest absolute Gasteiger partial charge is 0.491 e. The Hall–Kier alpha value is -1.55. The van der Waals surface area contributed by atoms with E-state index in [4.69, 9.17) is 9.47 Å². The van der Waals surface area contributed by atoms with E-state index in [1.54, 1.807) is 0 Å². The number of aryl methyl sites for hydroxylation is 1. The van der Waals surface area contributed by atoms with Crippen molar-refractivity contribution in [3.8, 4) is 5.75 Å². The summed E-state index contributed by atoms with van der Waals surface area (Å²) in [4.78, 5) is 14.7. The lowest BCUT2D eigenvalue weighted by Gasteiger charge is -2.23. The van der Waals surface area contributed by atoms with Gasteiger partial charge in [0.15, 0.2) is 0 Å². The maximum absolute atomic E-state index is 12.7. The first-order valence-electron chi connectivity index (χ1n) is 10.4. The standard InChI is InChI=1S/C22H33NO3/c24-22(14-13-20-11-8-17-25-20)23-15-7-3-1-2-4-9-19-10-5-6-12-21(19)26-18-16-23/h5-6,10,12,20H,1-4,7-9,11,13-18H2. The number of fused-ring (bicyclic) bond motifs is 1. The molecule has 1 aromatic rings. The Bertz CT molecular complexity index is 554. The van der Waals surface area contributed by atoms with Crippen LogP contribution in [0.5, 0.6) is 5.75 Å². The van der Waals surface area contributed by atoms with Crippen LogP contribution in [-0.2, 0) is 16.0 Å². The second kappa shape index (κ2) is 10.6. The fourth-order valence-electron chi connectivity index (χ4n) is 3.94. The third kappa shape index (κ3) is 6.01. The molecule has 0 radical (unpaired) electrons. The van der Waals surface area contributed by atoms with Crippen LogP contribution in [0.15, 0.2) is 24.3 Å². The van der Waals surface area contributed by atoms with Gasteiger partial charge in [0.25, 0.3) is 0 Å². The summed E-state index contributed by atoms with van der Waals surface area (Å²) >= 11 is 0. The fourth-order valence-corrected chi connectivity index (χ4v) is 3.94. The van der Waals surface area contributed by atoms with Crippen molar-refractivity contribution in [2.75, 3.05) is 26.3 Å². The lowest BCUT2D eigenvalue weighted by molar-refractivity contribution is -0.132. The second-order valence-corrected chi connectivity index (χ2v) is 7.53. The van der Waals surface area contributed by atoms with Gasteiger partial charge in [0.1, 0.15) is 12.4 Å². The van der Waals surface area contributed by atoms with Crippen LogP contribution in [0.4, 0.5) is 0 Å². The second-order valence-electron chi connectivity index (χ2n) is 7.53. The van der Waals surface area contributed by atoms with Crippen molar-refractivity contribution in [1.29, 1.82) is 0 Å². The van der Waals surface area contributed by atoms with Gasteiger partial charge in [-0.15, -0.1) is 0 Å². The Labute approximate surface area is 157 Å². The number of hydrogen-bond donors (Lipinski definition) is 0. The Kier molecular flexibility index (Phi) is 7.81. The van der Waals surface area contributed by atoms with Crippen LogP contribution < -0.4 is 4.74 Å². The van der Waals surface area contributed by atoms with Gasteiger partial charge in [-0.25, -0.2) is 0 Å². The molecule has 4 heteroatoms. The van der Waals surface area contributed by atoms with Gasteiger partial charge in [0, 0.05) is 19.6 Å². The predicted molar refractivity (Wildman–Crippen MR) is 104 cm³/mol. The molecule has 1 atom stereocenters. The number of hydrogen-bond acceptors (Lipinski definition) is 3. The maximum atomic E-state index is 12.7. The van der Waals surface area contributed by atoms with E-state index in [0.29, 0.717) is 19.6 Å². The van der Waals surface area contributed by atoms with E-state index < -0.39 is 0 Å². The van der Waals surface area contributed by atoms with Gasteiger partial charge in [0.2, 0.25) is 5.91 Å². The van der Waals surface area contributed by atoms with Crippen LogP contribution >= 0.6 is 0 Å². The fraction of sp³-hybridized carbons (Fsp3) is 0.682. The summed E-state index contributed by atoms with van der Waals surface area (Å²) in [6.07, 6.45) is 11.1. The van der Waals surface area contributed by atoms with Gasteiger partial charge in [-0.2, -0.15) is 0 Å². The number of carbonyl (C=O) groups is 1. The zero-order chi connectivity index (χ0) is 18.0. The Morgan fingerprint density at radius 1 is 1.00 bits per heavy atom. The third-order valence-electron chi connectivity index (χ3n) is 5.52. The molecule has 3 rings (SSSR count). The smallest absolute Gasteiger partial charge is 0.222 e. The number of para-hydroxylation sites is 1. The molecule has 2 aliphatic heterocycles. The average molecular weight is 360 g/mol. The van der Waals surface area contributed by atoms with Gasteiger partial charge < -0.3 is 14.4 Å². The van der Waals surface area contributed by atoms with E-state index in [0.717, 1.165) is 51.0 Å². The molecule has 1 fully saturated rings. The zero-order valence-corrected chi connectivity index (χ0v) is 16.0. The van der Waals surface area contributed by atoms with Crippen LogP contribution in [-0.4, -0.2) is 43.2 Å². The number of rotatable bonds is 3. The molecule has 1 aromatic carbocycles. The first-order valence-corrected chi connectivity index (χ1v) is 10.4. The van der Waals surface area contributed by atoms with Crippen molar-refractivity contribution in [3.05, 3.63) is 29.8 Å². The van der Waals surface area contributed by atoms with Crippen molar-refractivity contribution < 1.29 is 14.3 Å². The minimum Gasteiger partial charge on any atom is -0.491 e. The molecule has 0 spiro atoms. The average Bonchev–Trinajstić information content (AvgIpc) is 3.18. The van der Waals surface area contributed by atoms with Crippen LogP contribution in [0.25, 0.3) is 0 Å². The number of amides is 1. The molecule has 1 saturated heterocycles. The van der Waals surface area contributed by atoms with E-state index in [2.05, 4.69) is 18.2 Å². The van der Waals surface area contributed by atoms with Crippen molar-refractivity contribution in [2.45, 2.75) is 70.3 Å². The molecular formula is C22H33NO3. The minimum absolute atomic E-state index is 0.257. The lowest BCUT2D eigenvalue weighted by atomic mass is 10.0. The summed E-state index contributed by atoms with van der Waals surface area (Å²) in [6, 6.07) is 8.33. The summed E-state index contributed by atoms with van der Waals surface area (Å²) < 4.78 is 11.7. The maximum Gasteiger partial charge on any atom is 0.222 e. The Morgan fingerprint density at radius 2 is 1.85 bits per heavy atom. The molecule has 0 saturated carbocycles. The molecule has 1 amide bonds.